The molecule has 1 aromatic carbocycles. The number of hydrogen-bond acceptors (Lipinski definition) is 3. The van der Waals surface area contributed by atoms with Crippen molar-refractivity contribution >= 4 is 5.82 Å². The van der Waals surface area contributed by atoms with E-state index in [0.717, 1.165) is 0 Å². The van der Waals surface area contributed by atoms with E-state index >= 15 is 0 Å². The van der Waals surface area contributed by atoms with Crippen LogP contribution < -0.4 is 5.73 Å². The number of aromatic nitrogens is 2. The molecule has 0 atom stereocenters. The lowest BCUT2D eigenvalue weighted by Gasteiger charge is -2.06. The molecule has 2 N–H and O–H groups in total. The number of nitrogens with two attached hydrogens (primary N) is 1. The topological polar surface area (TPSA) is 51.8 Å². The molecule has 2 aromatic rings. The predicted molar refractivity (Wildman–Crippen MR) is 56.5 cm³/mol. The van der Waals surface area contributed by atoms with Crippen LogP contribution in [0.4, 0.5) is 14.6 Å². The molecule has 1 aromatic heterocycles. The van der Waals surface area contributed by atoms with Crippen LogP contribution in [-0.2, 0) is 0 Å². The van der Waals surface area contributed by atoms with Crippen molar-refractivity contribution in [3.8, 4) is 11.4 Å². The zero-order valence-electron chi connectivity index (χ0n) is 8.54. The van der Waals surface area contributed by atoms with Gasteiger partial charge in [-0.15, -0.1) is 0 Å². The summed E-state index contributed by atoms with van der Waals surface area (Å²) in [4.78, 5) is 7.59. The molecule has 0 aliphatic carbocycles. The van der Waals surface area contributed by atoms with Crippen molar-refractivity contribution in [3.63, 3.8) is 0 Å². The lowest BCUT2D eigenvalue weighted by atomic mass is 10.1. The fourth-order valence-corrected chi connectivity index (χ4v) is 1.35. The third kappa shape index (κ3) is 1.71. The van der Waals surface area contributed by atoms with E-state index in [4.69, 9.17) is 5.73 Å². The molecule has 3 nitrogen and oxygen atoms in total. The van der Waals surface area contributed by atoms with Crippen molar-refractivity contribution in [2.24, 2.45) is 0 Å². The van der Waals surface area contributed by atoms with Gasteiger partial charge >= 0.3 is 0 Å². The summed E-state index contributed by atoms with van der Waals surface area (Å²) in [6.07, 6.45) is 1.36. The molecule has 1 heterocycles. The summed E-state index contributed by atoms with van der Waals surface area (Å²) in [5.41, 5.74) is 5.53. The molecule has 0 saturated heterocycles. The van der Waals surface area contributed by atoms with Gasteiger partial charge in [0.2, 0.25) is 0 Å². The Bertz CT molecular complexity index is 541. The van der Waals surface area contributed by atoms with E-state index in [-0.39, 0.29) is 17.2 Å². The highest BCUT2D eigenvalue weighted by Gasteiger charge is 2.15. The van der Waals surface area contributed by atoms with Crippen LogP contribution in [0, 0.1) is 18.6 Å². The van der Waals surface area contributed by atoms with Gasteiger partial charge in [0.05, 0.1) is 5.56 Å². The number of nitrogen functional groups attached to an aromatic ring is 1. The first kappa shape index (κ1) is 10.5. The Kier molecular flexibility index (Phi) is 2.52. The summed E-state index contributed by atoms with van der Waals surface area (Å²) in [5, 5.41) is 0. The summed E-state index contributed by atoms with van der Waals surface area (Å²) < 4.78 is 27.2. The first-order chi connectivity index (χ1) is 7.59. The monoisotopic (exact) mass is 221 g/mol. The van der Waals surface area contributed by atoms with Crippen molar-refractivity contribution in [1.82, 2.24) is 9.97 Å². The maximum Gasteiger partial charge on any atom is 0.167 e. The van der Waals surface area contributed by atoms with Crippen LogP contribution in [0.5, 0.6) is 0 Å². The van der Waals surface area contributed by atoms with E-state index in [1.165, 1.54) is 24.4 Å². The highest BCUT2D eigenvalue weighted by molar-refractivity contribution is 5.59. The SMILES string of the molecule is Cc1ccc(F)c(-c2nccc(N)n2)c1F. The second-order valence-corrected chi connectivity index (χ2v) is 3.36. The Hall–Kier alpha value is -2.04. The van der Waals surface area contributed by atoms with Crippen LogP contribution in [0.3, 0.4) is 0 Å². The summed E-state index contributed by atoms with van der Waals surface area (Å²) in [6, 6.07) is 4.00. The van der Waals surface area contributed by atoms with Crippen LogP contribution in [0.2, 0.25) is 0 Å². The molecule has 82 valence electrons. The van der Waals surface area contributed by atoms with Crippen LogP contribution in [0.1, 0.15) is 5.56 Å². The Balaban J connectivity index is 2.68. The van der Waals surface area contributed by atoms with Gasteiger partial charge in [-0.1, -0.05) is 6.07 Å². The Morgan fingerprint density at radius 3 is 2.62 bits per heavy atom. The molecular formula is C11H9F2N3. The number of hydrogen-bond donors (Lipinski definition) is 1. The average Bonchev–Trinajstić information content (AvgIpc) is 2.24. The van der Waals surface area contributed by atoms with Crippen molar-refractivity contribution in [1.29, 1.82) is 0 Å². The summed E-state index contributed by atoms with van der Waals surface area (Å²) >= 11 is 0. The molecule has 0 aliphatic heterocycles. The van der Waals surface area contributed by atoms with Crippen LogP contribution in [0.25, 0.3) is 11.4 Å². The van der Waals surface area contributed by atoms with Gasteiger partial charge in [0.25, 0.3) is 0 Å². The standard InChI is InChI=1S/C11H9F2N3/c1-6-2-3-7(12)9(10(6)13)11-15-5-4-8(14)16-11/h2-5H,1H3,(H2,14,15,16). The van der Waals surface area contributed by atoms with Crippen molar-refractivity contribution in [2.75, 3.05) is 5.73 Å². The fraction of sp³-hybridized carbons (Fsp3) is 0.0909. The molecule has 0 bridgehead atoms. The zero-order chi connectivity index (χ0) is 11.7. The van der Waals surface area contributed by atoms with Gasteiger partial charge in [0.1, 0.15) is 17.5 Å². The third-order valence-electron chi connectivity index (χ3n) is 2.18. The number of aryl methyl sites for hydroxylation is 1. The smallest absolute Gasteiger partial charge is 0.167 e. The highest BCUT2D eigenvalue weighted by atomic mass is 19.1. The average molecular weight is 221 g/mol. The molecule has 0 spiro atoms. The Morgan fingerprint density at radius 1 is 1.19 bits per heavy atom. The summed E-state index contributed by atoms with van der Waals surface area (Å²) in [5.74, 6) is -1.23. The molecule has 16 heavy (non-hydrogen) atoms. The third-order valence-corrected chi connectivity index (χ3v) is 2.18. The lowest BCUT2D eigenvalue weighted by Crippen LogP contribution is -2.00. The fourth-order valence-electron chi connectivity index (χ4n) is 1.35. The molecule has 0 aliphatic rings. The van der Waals surface area contributed by atoms with Gasteiger partial charge in [-0.25, -0.2) is 18.7 Å². The first-order valence-corrected chi connectivity index (χ1v) is 4.63. The number of nitrogens with zero attached hydrogens (tertiary/aromatic N) is 2. The van der Waals surface area contributed by atoms with Gasteiger partial charge < -0.3 is 5.73 Å². The van der Waals surface area contributed by atoms with E-state index in [0.29, 0.717) is 5.56 Å². The largest absolute Gasteiger partial charge is 0.384 e. The van der Waals surface area contributed by atoms with Crippen LogP contribution in [-0.4, -0.2) is 9.97 Å². The van der Waals surface area contributed by atoms with E-state index in [9.17, 15) is 8.78 Å². The van der Waals surface area contributed by atoms with Crippen molar-refractivity contribution < 1.29 is 8.78 Å². The van der Waals surface area contributed by atoms with Crippen LogP contribution >= 0.6 is 0 Å². The second-order valence-electron chi connectivity index (χ2n) is 3.36. The Labute approximate surface area is 91.0 Å². The van der Waals surface area contributed by atoms with E-state index in [1.54, 1.807) is 6.92 Å². The quantitative estimate of drug-likeness (QED) is 0.803. The van der Waals surface area contributed by atoms with Gasteiger partial charge in [-0.2, -0.15) is 0 Å². The minimum atomic E-state index is -0.700. The number of halogens is 2. The van der Waals surface area contributed by atoms with Crippen LogP contribution in [0.15, 0.2) is 24.4 Å². The lowest BCUT2D eigenvalue weighted by molar-refractivity contribution is 0.581. The normalized spacial score (nSPS) is 10.4. The molecular weight excluding hydrogens is 212 g/mol. The maximum atomic E-state index is 13.7. The van der Waals surface area contributed by atoms with Crippen molar-refractivity contribution in [3.05, 3.63) is 41.6 Å². The Morgan fingerprint density at radius 2 is 1.94 bits per heavy atom. The van der Waals surface area contributed by atoms with E-state index in [1.807, 2.05) is 0 Å². The number of rotatable bonds is 1. The van der Waals surface area contributed by atoms with E-state index in [2.05, 4.69) is 9.97 Å². The summed E-state index contributed by atoms with van der Waals surface area (Å²) in [7, 11) is 0. The molecule has 0 fully saturated rings. The first-order valence-electron chi connectivity index (χ1n) is 4.63. The minimum Gasteiger partial charge on any atom is -0.384 e. The number of anilines is 1. The van der Waals surface area contributed by atoms with Gasteiger partial charge in [0.15, 0.2) is 5.82 Å². The number of benzene rings is 1. The molecule has 0 amide bonds. The maximum absolute atomic E-state index is 13.7. The molecule has 5 heteroatoms. The summed E-state index contributed by atoms with van der Waals surface area (Å²) in [6.45, 7) is 1.55. The van der Waals surface area contributed by atoms with Gasteiger partial charge in [-0.3, -0.25) is 0 Å². The van der Waals surface area contributed by atoms with Crippen molar-refractivity contribution in [2.45, 2.75) is 6.92 Å². The molecule has 0 saturated carbocycles. The second kappa shape index (κ2) is 3.84. The molecule has 2 rings (SSSR count). The minimum absolute atomic E-state index is 0.0429. The molecule has 0 unspecified atom stereocenters. The molecule has 0 radical (unpaired) electrons. The van der Waals surface area contributed by atoms with E-state index < -0.39 is 11.6 Å². The zero-order valence-corrected chi connectivity index (χ0v) is 8.54. The predicted octanol–water partition coefficient (Wildman–Crippen LogP) is 2.31. The van der Waals surface area contributed by atoms with Gasteiger partial charge in [0, 0.05) is 6.20 Å². The highest BCUT2D eigenvalue weighted by Crippen LogP contribution is 2.25. The van der Waals surface area contributed by atoms with Gasteiger partial charge in [-0.05, 0) is 24.6 Å².